The quantitative estimate of drug-likeness (QED) is 0.158. The van der Waals surface area contributed by atoms with Crippen LogP contribution < -0.4 is 21.3 Å². The largest absolute Gasteiger partial charge is 0.310 e. The molecule has 5 heteroatoms. The number of hydrogen-bond acceptors (Lipinski definition) is 2. The third-order valence-electron chi connectivity index (χ3n) is 12.1. The van der Waals surface area contributed by atoms with E-state index in [1.807, 2.05) is 11.8 Å². The number of rotatable bonds is 1. The average molecular weight is 698 g/mol. The van der Waals surface area contributed by atoms with Crippen molar-refractivity contribution in [3.05, 3.63) is 143 Å². The molecule has 5 heterocycles. The molecule has 252 valence electrons. The van der Waals surface area contributed by atoms with Crippen molar-refractivity contribution < 1.29 is 0 Å². The van der Waals surface area contributed by atoms with Gasteiger partial charge < -0.3 is 14.0 Å². The molecular formula is C48H36BN3S. The zero-order chi connectivity index (χ0) is 35.6. The number of benzene rings is 7. The number of fused-ring (bicyclic) bond motifs is 12. The van der Waals surface area contributed by atoms with Crippen LogP contribution in [0.15, 0.2) is 119 Å². The highest BCUT2D eigenvalue weighted by Crippen LogP contribution is 2.53. The van der Waals surface area contributed by atoms with Crippen molar-refractivity contribution in [3.63, 3.8) is 0 Å². The van der Waals surface area contributed by atoms with Gasteiger partial charge >= 0.3 is 0 Å². The van der Waals surface area contributed by atoms with E-state index in [1.54, 1.807) is 0 Å². The SMILES string of the molecule is Cc1ccc2c(c1)Sc1cc(C)ccc1N2c1cc2c3c(c1)-n1c4ccc(C)cc4c4cc(C)cc(c41)B3c1cc(C)cc3c4cc(C)ccc4n-2c13. The first kappa shape index (κ1) is 29.9. The molecule has 7 aromatic carbocycles. The number of nitrogens with zero attached hydrogens (tertiary/aromatic N) is 3. The molecule has 0 saturated carbocycles. The Kier molecular flexibility index (Phi) is 5.67. The number of anilines is 3. The minimum Gasteiger partial charge on any atom is -0.310 e. The fourth-order valence-corrected chi connectivity index (χ4v) is 11.3. The topological polar surface area (TPSA) is 13.1 Å². The van der Waals surface area contributed by atoms with Crippen LogP contribution in [0.3, 0.4) is 0 Å². The summed E-state index contributed by atoms with van der Waals surface area (Å²) in [6.45, 7) is 13.5. The van der Waals surface area contributed by atoms with Crippen LogP contribution in [0.4, 0.5) is 17.1 Å². The molecular weight excluding hydrogens is 661 g/mol. The van der Waals surface area contributed by atoms with Gasteiger partial charge in [0, 0.05) is 53.7 Å². The van der Waals surface area contributed by atoms with E-state index in [0.29, 0.717) is 0 Å². The normalized spacial score (nSPS) is 13.7. The molecule has 3 aliphatic heterocycles. The monoisotopic (exact) mass is 697 g/mol. The van der Waals surface area contributed by atoms with Crippen LogP contribution in [0.5, 0.6) is 0 Å². The zero-order valence-electron chi connectivity index (χ0n) is 30.7. The van der Waals surface area contributed by atoms with E-state index in [4.69, 9.17) is 0 Å². The first-order valence-corrected chi connectivity index (χ1v) is 19.5. The second-order valence-corrected chi connectivity index (χ2v) is 17.0. The summed E-state index contributed by atoms with van der Waals surface area (Å²) in [5, 5.41) is 5.35. The summed E-state index contributed by atoms with van der Waals surface area (Å²) in [4.78, 5) is 5.12. The molecule has 0 fully saturated rings. The van der Waals surface area contributed by atoms with E-state index in [2.05, 4.69) is 165 Å². The lowest BCUT2D eigenvalue weighted by Crippen LogP contribution is -2.59. The highest BCUT2D eigenvalue weighted by Gasteiger charge is 2.42. The fourth-order valence-electron chi connectivity index (χ4n) is 10.0. The maximum atomic E-state index is 2.61. The molecule has 0 radical (unpaired) electrons. The molecule has 3 nitrogen and oxygen atoms in total. The van der Waals surface area contributed by atoms with Crippen LogP contribution >= 0.6 is 11.8 Å². The van der Waals surface area contributed by atoms with Crippen molar-refractivity contribution in [2.24, 2.45) is 0 Å². The Labute approximate surface area is 313 Å². The van der Waals surface area contributed by atoms with Crippen LogP contribution in [-0.2, 0) is 0 Å². The van der Waals surface area contributed by atoms with Gasteiger partial charge in [-0.15, -0.1) is 0 Å². The Morgan fingerprint density at radius 1 is 0.415 bits per heavy atom. The molecule has 0 unspecified atom stereocenters. The summed E-state index contributed by atoms with van der Waals surface area (Å²) in [5.41, 5.74) is 23.4. The molecule has 12 rings (SSSR count). The van der Waals surface area contributed by atoms with Gasteiger partial charge in [-0.3, -0.25) is 0 Å². The number of aryl methyl sites for hydroxylation is 6. The van der Waals surface area contributed by atoms with Gasteiger partial charge in [0.15, 0.2) is 0 Å². The number of hydrogen-bond donors (Lipinski definition) is 0. The average Bonchev–Trinajstić information content (AvgIpc) is 3.62. The summed E-state index contributed by atoms with van der Waals surface area (Å²) >= 11 is 1.89. The van der Waals surface area contributed by atoms with E-state index < -0.39 is 0 Å². The lowest BCUT2D eigenvalue weighted by molar-refractivity contribution is 1.11. The molecule has 0 spiro atoms. The van der Waals surface area contributed by atoms with E-state index in [0.717, 1.165) is 0 Å². The maximum absolute atomic E-state index is 2.61. The molecule has 0 amide bonds. The Morgan fingerprint density at radius 2 is 0.849 bits per heavy atom. The van der Waals surface area contributed by atoms with Gasteiger partial charge in [-0.2, -0.15) is 0 Å². The second kappa shape index (κ2) is 10.1. The van der Waals surface area contributed by atoms with Crippen molar-refractivity contribution in [2.45, 2.75) is 51.3 Å². The second-order valence-electron chi connectivity index (χ2n) is 15.9. The lowest BCUT2D eigenvalue weighted by atomic mass is 9.34. The molecule has 0 atom stereocenters. The van der Waals surface area contributed by atoms with Gasteiger partial charge in [-0.05, 0) is 142 Å². The minimum atomic E-state index is 0.108. The van der Waals surface area contributed by atoms with Gasteiger partial charge in [-0.25, -0.2) is 0 Å². The first-order chi connectivity index (χ1) is 25.7. The molecule has 3 aliphatic rings. The first-order valence-electron chi connectivity index (χ1n) is 18.7. The summed E-state index contributed by atoms with van der Waals surface area (Å²) in [6.07, 6.45) is 0. The van der Waals surface area contributed by atoms with Crippen molar-refractivity contribution in [1.29, 1.82) is 0 Å². The van der Waals surface area contributed by atoms with E-state index in [1.165, 1.54) is 132 Å². The van der Waals surface area contributed by atoms with E-state index in [-0.39, 0.29) is 6.71 Å². The van der Waals surface area contributed by atoms with Crippen LogP contribution in [0.2, 0.25) is 0 Å². The molecule has 0 N–H and O–H groups in total. The van der Waals surface area contributed by atoms with Gasteiger partial charge in [0.05, 0.1) is 28.1 Å². The third-order valence-corrected chi connectivity index (χ3v) is 13.2. The van der Waals surface area contributed by atoms with Gasteiger partial charge in [0.1, 0.15) is 0 Å². The molecule has 53 heavy (non-hydrogen) atoms. The minimum absolute atomic E-state index is 0.108. The predicted molar refractivity (Wildman–Crippen MR) is 227 cm³/mol. The van der Waals surface area contributed by atoms with Crippen molar-refractivity contribution in [1.82, 2.24) is 9.13 Å². The van der Waals surface area contributed by atoms with Gasteiger partial charge in [0.25, 0.3) is 6.71 Å². The number of aromatic nitrogens is 2. The Balaban J connectivity index is 1.30. The maximum Gasteiger partial charge on any atom is 0.252 e. The van der Waals surface area contributed by atoms with E-state index in [9.17, 15) is 0 Å². The van der Waals surface area contributed by atoms with Crippen LogP contribution in [0.25, 0.3) is 55.0 Å². The Hall–Kier alpha value is -5.65. The van der Waals surface area contributed by atoms with Crippen molar-refractivity contribution in [2.75, 3.05) is 4.90 Å². The van der Waals surface area contributed by atoms with E-state index >= 15 is 0 Å². The predicted octanol–water partition coefficient (Wildman–Crippen LogP) is 10.8. The summed E-state index contributed by atoms with van der Waals surface area (Å²) in [6, 6.07) is 42.7. The molecule has 9 aromatic rings. The van der Waals surface area contributed by atoms with Crippen LogP contribution in [-0.4, -0.2) is 15.8 Å². The van der Waals surface area contributed by atoms with Crippen LogP contribution in [0.1, 0.15) is 33.4 Å². The Bertz CT molecular complexity index is 2970. The smallest absolute Gasteiger partial charge is 0.252 e. The highest BCUT2D eigenvalue weighted by molar-refractivity contribution is 7.99. The highest BCUT2D eigenvalue weighted by atomic mass is 32.2. The van der Waals surface area contributed by atoms with Crippen LogP contribution in [0, 0.1) is 41.5 Å². The molecule has 0 saturated heterocycles. The third kappa shape index (κ3) is 3.83. The van der Waals surface area contributed by atoms with Crippen molar-refractivity contribution >= 4 is 95.5 Å². The standard InChI is InChI=1S/C48H36BN3S/c1-25-7-11-38-32(15-25)34-17-29(5)19-36-47(34)51(38)42-23-31(50-40-13-9-27(3)21-44(40)53-45-22-28(4)10-14-41(45)50)24-43-46(42)49(36)37-20-30(6)18-35-33-16-26(2)8-12-39(33)52(43)48(35)37/h7-24H,1-6H3. The lowest BCUT2D eigenvalue weighted by Gasteiger charge is -2.37. The fraction of sp³-hybridized carbons (Fsp3) is 0.125. The summed E-state index contributed by atoms with van der Waals surface area (Å²) < 4.78 is 5.21. The molecule has 0 aliphatic carbocycles. The summed E-state index contributed by atoms with van der Waals surface area (Å²) in [5.74, 6) is 0. The Morgan fingerprint density at radius 3 is 1.34 bits per heavy atom. The summed E-state index contributed by atoms with van der Waals surface area (Å²) in [7, 11) is 0. The van der Waals surface area contributed by atoms with Gasteiger partial charge in [0.2, 0.25) is 0 Å². The van der Waals surface area contributed by atoms with Gasteiger partial charge in [-0.1, -0.05) is 70.4 Å². The molecule has 0 bridgehead atoms. The molecule has 2 aromatic heterocycles. The van der Waals surface area contributed by atoms with Crippen molar-refractivity contribution in [3.8, 4) is 11.4 Å². The zero-order valence-corrected chi connectivity index (χ0v) is 31.5.